The van der Waals surface area contributed by atoms with Crippen molar-refractivity contribution in [1.82, 2.24) is 9.97 Å². The summed E-state index contributed by atoms with van der Waals surface area (Å²) in [5.41, 5.74) is 0.631. The predicted octanol–water partition coefficient (Wildman–Crippen LogP) is 3.40. The number of hydrogen-bond acceptors (Lipinski definition) is 8. The van der Waals surface area contributed by atoms with Crippen molar-refractivity contribution in [3.05, 3.63) is 55.9 Å². The number of rotatable bonds is 5. The van der Waals surface area contributed by atoms with Crippen LogP contribution in [-0.4, -0.2) is 33.6 Å². The summed E-state index contributed by atoms with van der Waals surface area (Å²) in [7, 11) is 0. The van der Waals surface area contributed by atoms with E-state index in [1.807, 2.05) is 0 Å². The number of carbonyl (C=O) groups is 2. The molecule has 1 aromatic carbocycles. The number of carbonyl (C=O) groups excluding carboxylic acids is 2. The normalized spacial score (nSPS) is 12.0. The second-order valence-corrected chi connectivity index (χ2v) is 7.43. The van der Waals surface area contributed by atoms with Crippen LogP contribution in [0, 0.1) is 13.8 Å². The van der Waals surface area contributed by atoms with E-state index in [-0.39, 0.29) is 23.7 Å². The smallest absolute Gasteiger partial charge is 0.348 e. The SMILES string of the molecule is CCOC(=O)c1sc2nc([C@H](C)OC(=O)c3cccc(C)c3O)[nH]c(=O)c2c1C. The lowest BCUT2D eigenvalue weighted by Crippen LogP contribution is -2.17. The molecular weight excluding hydrogens is 396 g/mol. The number of aromatic amines is 1. The summed E-state index contributed by atoms with van der Waals surface area (Å²) in [6.07, 6.45) is -0.882. The van der Waals surface area contributed by atoms with Gasteiger partial charge in [0.15, 0.2) is 11.9 Å². The first kappa shape index (κ1) is 20.5. The minimum absolute atomic E-state index is 0.0249. The molecular formula is C20H20N2O6S. The van der Waals surface area contributed by atoms with Crippen LogP contribution in [0.5, 0.6) is 5.75 Å². The molecule has 0 fully saturated rings. The number of esters is 2. The van der Waals surface area contributed by atoms with Crippen LogP contribution in [0.4, 0.5) is 0 Å². The van der Waals surface area contributed by atoms with Crippen LogP contribution >= 0.6 is 11.3 Å². The highest BCUT2D eigenvalue weighted by Gasteiger charge is 2.23. The van der Waals surface area contributed by atoms with E-state index >= 15 is 0 Å². The summed E-state index contributed by atoms with van der Waals surface area (Å²) in [6.45, 7) is 6.81. The molecule has 0 aliphatic rings. The lowest BCUT2D eigenvalue weighted by Gasteiger charge is -2.13. The average molecular weight is 416 g/mol. The Morgan fingerprint density at radius 1 is 1.28 bits per heavy atom. The fraction of sp³-hybridized carbons (Fsp3) is 0.300. The number of benzene rings is 1. The lowest BCUT2D eigenvalue weighted by atomic mass is 10.1. The van der Waals surface area contributed by atoms with E-state index in [0.717, 1.165) is 11.3 Å². The van der Waals surface area contributed by atoms with Gasteiger partial charge in [-0.25, -0.2) is 14.6 Å². The second kappa shape index (κ2) is 8.04. The zero-order chi connectivity index (χ0) is 21.3. The van der Waals surface area contributed by atoms with Crippen molar-refractivity contribution >= 4 is 33.5 Å². The Kier molecular flexibility index (Phi) is 5.69. The third-order valence-corrected chi connectivity index (χ3v) is 5.57. The Hall–Kier alpha value is -3.20. The van der Waals surface area contributed by atoms with Crippen LogP contribution < -0.4 is 5.56 Å². The minimum Gasteiger partial charge on any atom is -0.507 e. The van der Waals surface area contributed by atoms with Gasteiger partial charge < -0.3 is 19.6 Å². The Balaban J connectivity index is 1.93. The van der Waals surface area contributed by atoms with Gasteiger partial charge in [-0.1, -0.05) is 12.1 Å². The van der Waals surface area contributed by atoms with E-state index in [2.05, 4.69) is 9.97 Å². The number of aromatic nitrogens is 2. The number of phenolic OH excluding ortho intramolecular Hbond substituents is 1. The predicted molar refractivity (Wildman–Crippen MR) is 108 cm³/mol. The van der Waals surface area contributed by atoms with Gasteiger partial charge >= 0.3 is 11.9 Å². The van der Waals surface area contributed by atoms with Crippen LogP contribution in [0.25, 0.3) is 10.2 Å². The number of H-pyrrole nitrogens is 1. The Morgan fingerprint density at radius 3 is 2.69 bits per heavy atom. The van der Waals surface area contributed by atoms with Crippen LogP contribution in [0.2, 0.25) is 0 Å². The van der Waals surface area contributed by atoms with E-state index in [4.69, 9.17) is 9.47 Å². The summed E-state index contributed by atoms with van der Waals surface area (Å²) in [4.78, 5) is 44.7. The van der Waals surface area contributed by atoms with Gasteiger partial charge in [-0.15, -0.1) is 11.3 Å². The van der Waals surface area contributed by atoms with E-state index in [1.54, 1.807) is 39.8 Å². The molecule has 0 spiro atoms. The van der Waals surface area contributed by atoms with Crippen LogP contribution in [0.1, 0.15) is 56.9 Å². The zero-order valence-corrected chi connectivity index (χ0v) is 17.2. The quantitative estimate of drug-likeness (QED) is 0.612. The summed E-state index contributed by atoms with van der Waals surface area (Å²) < 4.78 is 10.4. The molecule has 0 unspecified atom stereocenters. The van der Waals surface area contributed by atoms with Gasteiger partial charge in [-0.05, 0) is 44.9 Å². The van der Waals surface area contributed by atoms with Gasteiger partial charge in [0, 0.05) is 0 Å². The van der Waals surface area contributed by atoms with E-state index in [9.17, 15) is 19.5 Å². The minimum atomic E-state index is -0.882. The van der Waals surface area contributed by atoms with Crippen LogP contribution in [0.15, 0.2) is 23.0 Å². The highest BCUT2D eigenvalue weighted by atomic mass is 32.1. The molecule has 3 rings (SSSR count). The molecule has 0 aliphatic carbocycles. The molecule has 152 valence electrons. The third kappa shape index (κ3) is 3.86. The van der Waals surface area contributed by atoms with E-state index in [0.29, 0.717) is 26.2 Å². The summed E-state index contributed by atoms with van der Waals surface area (Å²) >= 11 is 1.05. The van der Waals surface area contributed by atoms with Crippen molar-refractivity contribution in [2.45, 2.75) is 33.8 Å². The molecule has 0 aliphatic heterocycles. The topological polar surface area (TPSA) is 119 Å². The number of para-hydroxylation sites is 1. The van der Waals surface area contributed by atoms with Crippen molar-refractivity contribution < 1.29 is 24.2 Å². The maximum Gasteiger partial charge on any atom is 0.348 e. The van der Waals surface area contributed by atoms with Gasteiger partial charge in [0.2, 0.25) is 0 Å². The van der Waals surface area contributed by atoms with Crippen molar-refractivity contribution in [3.8, 4) is 5.75 Å². The van der Waals surface area contributed by atoms with Crippen LogP contribution in [0.3, 0.4) is 0 Å². The number of phenols is 1. The molecule has 3 aromatic rings. The number of fused-ring (bicyclic) bond motifs is 1. The largest absolute Gasteiger partial charge is 0.507 e. The zero-order valence-electron chi connectivity index (χ0n) is 16.4. The molecule has 2 aromatic heterocycles. The maximum atomic E-state index is 12.6. The van der Waals surface area contributed by atoms with Crippen molar-refractivity contribution in [2.75, 3.05) is 6.61 Å². The first-order chi connectivity index (χ1) is 13.7. The molecule has 0 amide bonds. The molecule has 8 nitrogen and oxygen atoms in total. The number of ether oxygens (including phenoxy) is 2. The molecule has 2 heterocycles. The molecule has 0 bridgehead atoms. The fourth-order valence-electron chi connectivity index (χ4n) is 2.85. The van der Waals surface area contributed by atoms with E-state index in [1.165, 1.54) is 6.07 Å². The number of hydrogen-bond donors (Lipinski definition) is 2. The molecule has 0 saturated carbocycles. The summed E-state index contributed by atoms with van der Waals surface area (Å²) in [5.74, 6) is -1.27. The lowest BCUT2D eigenvalue weighted by molar-refractivity contribution is 0.0316. The van der Waals surface area contributed by atoms with Gasteiger partial charge in [-0.2, -0.15) is 0 Å². The van der Waals surface area contributed by atoms with Crippen molar-refractivity contribution in [3.63, 3.8) is 0 Å². The first-order valence-electron chi connectivity index (χ1n) is 8.94. The van der Waals surface area contributed by atoms with Crippen molar-refractivity contribution in [2.24, 2.45) is 0 Å². The maximum absolute atomic E-state index is 12.6. The number of aryl methyl sites for hydroxylation is 2. The summed E-state index contributed by atoms with van der Waals surface area (Å²) in [6, 6.07) is 4.75. The van der Waals surface area contributed by atoms with Crippen molar-refractivity contribution in [1.29, 1.82) is 0 Å². The molecule has 9 heteroatoms. The molecule has 29 heavy (non-hydrogen) atoms. The highest BCUT2D eigenvalue weighted by molar-refractivity contribution is 7.20. The number of nitrogens with one attached hydrogen (secondary N) is 1. The molecule has 1 atom stereocenters. The number of nitrogens with zero attached hydrogens (tertiary/aromatic N) is 1. The average Bonchev–Trinajstić information content (AvgIpc) is 3.01. The van der Waals surface area contributed by atoms with Gasteiger partial charge in [0.25, 0.3) is 5.56 Å². The fourth-order valence-corrected chi connectivity index (χ4v) is 3.93. The van der Waals surface area contributed by atoms with E-state index < -0.39 is 23.6 Å². The third-order valence-electron chi connectivity index (χ3n) is 4.41. The number of thiophene rings is 1. The highest BCUT2D eigenvalue weighted by Crippen LogP contribution is 2.29. The molecule has 0 saturated heterocycles. The first-order valence-corrected chi connectivity index (χ1v) is 9.76. The molecule has 0 radical (unpaired) electrons. The Morgan fingerprint density at radius 2 is 2.00 bits per heavy atom. The number of aromatic hydroxyl groups is 1. The summed E-state index contributed by atoms with van der Waals surface area (Å²) in [5, 5.41) is 10.4. The molecule has 2 N–H and O–H groups in total. The monoisotopic (exact) mass is 416 g/mol. The Labute approximate surface area is 170 Å². The van der Waals surface area contributed by atoms with Gasteiger partial charge in [0.05, 0.1) is 12.0 Å². The standard InChI is InChI=1S/C20H20N2O6S/c1-5-27-20(26)15-10(3)13-17(24)21-16(22-18(13)29-15)11(4)28-19(25)12-8-6-7-9(2)14(12)23/h6-8,11,23H,5H2,1-4H3,(H,21,22,24)/t11-/m0/s1. The second-order valence-electron chi connectivity index (χ2n) is 6.43. The Bertz CT molecular complexity index is 1160. The van der Waals surface area contributed by atoms with Crippen LogP contribution in [-0.2, 0) is 9.47 Å². The van der Waals surface area contributed by atoms with Gasteiger partial charge in [-0.3, -0.25) is 4.79 Å². The van der Waals surface area contributed by atoms with Gasteiger partial charge in [0.1, 0.15) is 21.0 Å².